The zero-order chi connectivity index (χ0) is 15.7. The molecule has 0 heterocycles. The van der Waals surface area contributed by atoms with Gasteiger partial charge in [0.05, 0.1) is 23.4 Å². The fourth-order valence-corrected chi connectivity index (χ4v) is 2.69. The van der Waals surface area contributed by atoms with Gasteiger partial charge in [-0.25, -0.2) is 4.57 Å². The van der Waals surface area contributed by atoms with E-state index in [9.17, 15) is 7.63 Å². The van der Waals surface area contributed by atoms with Crippen molar-refractivity contribution < 1.29 is 36.2 Å². The number of benzene rings is 1. The van der Waals surface area contributed by atoms with E-state index in [1.165, 1.54) is 12.1 Å². The van der Waals surface area contributed by atoms with Crippen molar-refractivity contribution in [2.45, 2.75) is 0 Å². The monoisotopic (exact) mass is 434 g/mol. The normalized spacial score (nSPS) is 11.4. The smallest absolute Gasteiger partial charge is 0.491 e. The Morgan fingerprint density at radius 2 is 1.90 bits per heavy atom. The van der Waals surface area contributed by atoms with Crippen LogP contribution in [0.15, 0.2) is 18.2 Å². The van der Waals surface area contributed by atoms with E-state index in [2.05, 4.69) is 4.52 Å². The van der Waals surface area contributed by atoms with Crippen LogP contribution in [0.2, 0.25) is 0 Å². The fourth-order valence-electron chi connectivity index (χ4n) is 1.30. The third-order valence-electron chi connectivity index (χ3n) is 2.13. The number of methoxy groups -OCH3 is 1. The van der Waals surface area contributed by atoms with E-state index in [4.69, 9.17) is 24.0 Å². The van der Waals surface area contributed by atoms with E-state index in [0.29, 0.717) is 25.6 Å². The molecule has 10 heteroatoms. The van der Waals surface area contributed by atoms with E-state index >= 15 is 0 Å². The fraction of sp³-hybridized carbons (Fsp3) is 0.455. The Morgan fingerprint density at radius 1 is 1.19 bits per heavy atom. The summed E-state index contributed by atoms with van der Waals surface area (Å²) in [5, 5.41) is 0. The van der Waals surface area contributed by atoms with Crippen molar-refractivity contribution in [2.75, 3.05) is 33.5 Å². The number of phosphoric acid groups is 1. The van der Waals surface area contributed by atoms with Crippen LogP contribution in [0, 0.1) is 3.57 Å². The zero-order valence-corrected chi connectivity index (χ0v) is 14.3. The van der Waals surface area contributed by atoms with Gasteiger partial charge in [0.25, 0.3) is 0 Å². The molecule has 0 fully saturated rings. The van der Waals surface area contributed by atoms with E-state index in [0.717, 1.165) is 0 Å². The van der Waals surface area contributed by atoms with Crippen LogP contribution >= 0.6 is 29.0 Å². The molecule has 0 bridgehead atoms. The van der Waals surface area contributed by atoms with Gasteiger partial charge in [-0.3, -0.25) is 12.9 Å². The molecule has 0 aromatic heterocycles. The quantitative estimate of drug-likeness (QED) is 0.325. The predicted molar refractivity (Wildman–Crippen MR) is 80.7 cm³/mol. The average molecular weight is 434 g/mol. The molecular formula is C11H16IO8P. The summed E-state index contributed by atoms with van der Waals surface area (Å²) in [6, 6.07) is 4.29. The van der Waals surface area contributed by atoms with Crippen LogP contribution in [-0.2, 0) is 17.1 Å². The van der Waals surface area contributed by atoms with Crippen LogP contribution in [-0.4, -0.2) is 43.3 Å². The van der Waals surface area contributed by atoms with Gasteiger partial charge in [-0.05, 0) is 12.1 Å². The molecule has 0 aliphatic rings. The van der Waals surface area contributed by atoms with Gasteiger partial charge in [0.1, 0.15) is 12.4 Å². The summed E-state index contributed by atoms with van der Waals surface area (Å²) in [6.07, 6.45) is 0. The van der Waals surface area contributed by atoms with Crippen LogP contribution in [0.1, 0.15) is 0 Å². The highest BCUT2D eigenvalue weighted by Crippen LogP contribution is 2.41. The Balaban J connectivity index is 2.57. The molecule has 0 aliphatic heterocycles. The number of rotatable bonds is 10. The minimum absolute atomic E-state index is 0.135. The van der Waals surface area contributed by atoms with E-state index in [1.54, 1.807) is 13.2 Å². The number of halogens is 1. The standard InChI is InChI=1S/C11H16IO8P/c1-17-4-5-18-6-7-19-9-2-3-10(12-13)11(8-9)20-21(14,15)16/h2-3,8H,4-7H2,1H3,(H2,14,15,16). The lowest BCUT2D eigenvalue weighted by Crippen LogP contribution is -2.10. The van der Waals surface area contributed by atoms with Gasteiger partial charge in [0.15, 0.2) is 26.9 Å². The van der Waals surface area contributed by atoms with E-state index in [1.807, 2.05) is 0 Å². The third kappa shape index (κ3) is 7.84. The van der Waals surface area contributed by atoms with Gasteiger partial charge in [-0.2, -0.15) is 0 Å². The molecule has 1 aromatic carbocycles. The molecule has 1 rings (SSSR count). The largest absolute Gasteiger partial charge is 0.524 e. The molecule has 0 saturated heterocycles. The summed E-state index contributed by atoms with van der Waals surface area (Å²) in [5.41, 5.74) is 0. The zero-order valence-electron chi connectivity index (χ0n) is 11.2. The van der Waals surface area contributed by atoms with Gasteiger partial charge in [0, 0.05) is 13.2 Å². The maximum absolute atomic E-state index is 11.0. The lowest BCUT2D eigenvalue weighted by atomic mass is 10.3. The predicted octanol–water partition coefficient (Wildman–Crippen LogP) is 1.69. The summed E-state index contributed by atoms with van der Waals surface area (Å²) in [4.78, 5) is 17.6. The van der Waals surface area contributed by atoms with Crippen molar-refractivity contribution in [1.29, 1.82) is 0 Å². The topological polar surface area (TPSA) is 112 Å². The van der Waals surface area contributed by atoms with Crippen molar-refractivity contribution in [1.82, 2.24) is 0 Å². The number of hydrogen-bond acceptors (Lipinski definition) is 6. The Hall–Kier alpha value is -0.580. The first-order chi connectivity index (χ1) is 9.96. The first-order valence-electron chi connectivity index (χ1n) is 5.82. The molecule has 8 nitrogen and oxygen atoms in total. The van der Waals surface area contributed by atoms with Gasteiger partial charge in [0.2, 0.25) is 0 Å². The highest BCUT2D eigenvalue weighted by atomic mass is 127. The summed E-state index contributed by atoms with van der Waals surface area (Å²) in [5.74, 6) is 0.207. The summed E-state index contributed by atoms with van der Waals surface area (Å²) in [7, 11) is -3.14. The maximum Gasteiger partial charge on any atom is 0.524 e. The number of ether oxygens (including phenoxy) is 3. The SMILES string of the molecule is COCCOCCOc1ccc(I=O)c(OP(=O)(O)O)c1. The van der Waals surface area contributed by atoms with Crippen molar-refractivity contribution in [2.24, 2.45) is 0 Å². The second-order valence-electron chi connectivity index (χ2n) is 3.70. The first kappa shape index (κ1) is 18.5. The lowest BCUT2D eigenvalue weighted by molar-refractivity contribution is 0.0544. The van der Waals surface area contributed by atoms with Crippen LogP contribution in [0.3, 0.4) is 0 Å². The van der Waals surface area contributed by atoms with E-state index < -0.39 is 29.0 Å². The number of phosphoric ester groups is 1. The molecular weight excluding hydrogens is 418 g/mol. The van der Waals surface area contributed by atoms with Crippen LogP contribution < -0.4 is 9.26 Å². The van der Waals surface area contributed by atoms with Crippen molar-refractivity contribution >= 4 is 29.0 Å². The van der Waals surface area contributed by atoms with Gasteiger partial charge >= 0.3 is 7.82 Å². The molecule has 0 aliphatic carbocycles. The molecule has 0 amide bonds. The highest BCUT2D eigenvalue weighted by molar-refractivity contribution is 14.1. The van der Waals surface area contributed by atoms with Crippen molar-refractivity contribution in [3.8, 4) is 11.5 Å². The first-order valence-corrected chi connectivity index (χ1v) is 9.31. The molecule has 0 spiro atoms. The van der Waals surface area contributed by atoms with Crippen LogP contribution in [0.25, 0.3) is 0 Å². The van der Waals surface area contributed by atoms with Gasteiger partial charge < -0.3 is 18.7 Å². The van der Waals surface area contributed by atoms with Crippen molar-refractivity contribution in [3.05, 3.63) is 21.8 Å². The van der Waals surface area contributed by atoms with Crippen LogP contribution in [0.4, 0.5) is 0 Å². The third-order valence-corrected chi connectivity index (χ3v) is 3.93. The van der Waals surface area contributed by atoms with Crippen molar-refractivity contribution in [3.63, 3.8) is 0 Å². The minimum Gasteiger partial charge on any atom is -0.491 e. The summed E-state index contributed by atoms with van der Waals surface area (Å²) >= 11 is -1.62. The lowest BCUT2D eigenvalue weighted by Gasteiger charge is -2.11. The molecule has 0 saturated carbocycles. The number of hydrogen-bond donors (Lipinski definition) is 2. The van der Waals surface area contributed by atoms with E-state index in [-0.39, 0.29) is 15.9 Å². The molecule has 120 valence electrons. The molecule has 0 radical (unpaired) electrons. The molecule has 1 aromatic rings. The molecule has 2 N–H and O–H groups in total. The average Bonchev–Trinajstić information content (AvgIpc) is 2.41. The summed E-state index contributed by atoms with van der Waals surface area (Å²) in [6.45, 7) is 1.53. The molecule has 21 heavy (non-hydrogen) atoms. The van der Waals surface area contributed by atoms with Gasteiger partial charge in [-0.1, -0.05) is 0 Å². The van der Waals surface area contributed by atoms with Gasteiger partial charge in [-0.15, -0.1) is 0 Å². The molecule has 0 unspecified atom stereocenters. The second kappa shape index (κ2) is 9.44. The highest BCUT2D eigenvalue weighted by Gasteiger charge is 2.19. The van der Waals surface area contributed by atoms with Crippen LogP contribution in [0.5, 0.6) is 11.5 Å². The Kier molecular flexibility index (Phi) is 8.30. The Labute approximate surface area is 132 Å². The maximum atomic E-state index is 11.0. The Morgan fingerprint density at radius 3 is 2.52 bits per heavy atom. The minimum atomic E-state index is -4.71. The second-order valence-corrected chi connectivity index (χ2v) is 6.47. The summed E-state index contributed by atoms with van der Waals surface area (Å²) < 4.78 is 42.0. The molecule has 0 atom stereocenters. The Bertz CT molecular complexity index is 503.